The van der Waals surface area contributed by atoms with Gasteiger partial charge in [-0.1, -0.05) is 0 Å². The van der Waals surface area contributed by atoms with Gasteiger partial charge in [0.2, 0.25) is 11.9 Å². The van der Waals surface area contributed by atoms with Gasteiger partial charge in [-0.05, 0) is 55.7 Å². The van der Waals surface area contributed by atoms with Crippen LogP contribution in [-0.4, -0.2) is 22.0 Å². The van der Waals surface area contributed by atoms with E-state index in [9.17, 15) is 9.18 Å². The molecule has 0 bridgehead atoms. The molecule has 0 aliphatic heterocycles. The second kappa shape index (κ2) is 7.67. The van der Waals surface area contributed by atoms with Crippen molar-refractivity contribution in [3.8, 4) is 17.6 Å². The van der Waals surface area contributed by atoms with Crippen LogP contribution in [0.1, 0.15) is 18.4 Å². The van der Waals surface area contributed by atoms with E-state index in [1.807, 2.05) is 13.0 Å². The first kappa shape index (κ1) is 18.0. The topological polar surface area (TPSA) is 86.5 Å². The highest BCUT2D eigenvalue weighted by atomic mass is 19.1. The fraction of sp³-hybridized carbons (Fsp3) is 0.250. The van der Waals surface area contributed by atoms with Crippen molar-refractivity contribution in [2.24, 2.45) is 5.92 Å². The van der Waals surface area contributed by atoms with Crippen LogP contribution < -0.4 is 14.8 Å². The van der Waals surface area contributed by atoms with E-state index < -0.39 is 5.95 Å². The van der Waals surface area contributed by atoms with Crippen LogP contribution in [0.25, 0.3) is 0 Å². The molecule has 0 unspecified atom stereocenters. The van der Waals surface area contributed by atoms with Crippen molar-refractivity contribution in [2.45, 2.75) is 25.9 Å². The molecule has 4 rings (SSSR count). The summed E-state index contributed by atoms with van der Waals surface area (Å²) < 4.78 is 29.1. The van der Waals surface area contributed by atoms with E-state index in [0.29, 0.717) is 30.0 Å². The average Bonchev–Trinajstić information content (AvgIpc) is 3.14. The molecule has 2 heterocycles. The highest BCUT2D eigenvalue weighted by Gasteiger charge is 2.36. The van der Waals surface area contributed by atoms with Gasteiger partial charge in [0.05, 0.1) is 12.4 Å². The summed E-state index contributed by atoms with van der Waals surface area (Å²) in [7, 11) is 0. The number of nitrogens with one attached hydrogen (secondary N) is 1. The Labute approximate surface area is 160 Å². The molecule has 1 amide bonds. The number of hydrogen-bond acceptors (Lipinski definition) is 6. The Kier molecular flexibility index (Phi) is 4.92. The van der Waals surface area contributed by atoms with Crippen molar-refractivity contribution >= 4 is 11.6 Å². The summed E-state index contributed by atoms with van der Waals surface area (Å²) in [6.07, 6.45) is 5.58. The third kappa shape index (κ3) is 4.11. The fourth-order valence-electron chi connectivity index (χ4n) is 2.94. The quantitative estimate of drug-likeness (QED) is 0.645. The first-order valence-electron chi connectivity index (χ1n) is 8.84. The van der Waals surface area contributed by atoms with Crippen LogP contribution >= 0.6 is 0 Å². The summed E-state index contributed by atoms with van der Waals surface area (Å²) in [6, 6.07) is 8.12. The number of nitrogens with zero attached hydrogens (tertiary/aromatic N) is 2. The average molecular weight is 383 g/mol. The number of hydrogen-bond donors (Lipinski definition) is 1. The van der Waals surface area contributed by atoms with Gasteiger partial charge >= 0.3 is 6.08 Å². The number of oxazole rings is 1. The molecule has 1 aromatic carbocycles. The normalized spacial score (nSPS) is 18.2. The number of halogens is 1. The highest BCUT2D eigenvalue weighted by molar-refractivity contribution is 5.93. The predicted octanol–water partition coefficient (Wildman–Crippen LogP) is 4.11. The smallest absolute Gasteiger partial charge is 0.399 e. The van der Waals surface area contributed by atoms with Gasteiger partial charge in [0.1, 0.15) is 23.9 Å². The Bertz CT molecular complexity index is 954. The first-order valence-corrected chi connectivity index (χ1v) is 8.84. The Morgan fingerprint density at radius 3 is 2.79 bits per heavy atom. The molecule has 1 saturated carbocycles. The van der Waals surface area contributed by atoms with E-state index in [1.165, 1.54) is 30.8 Å². The van der Waals surface area contributed by atoms with E-state index in [2.05, 4.69) is 15.3 Å². The minimum Gasteiger partial charge on any atom is -0.489 e. The number of pyridine rings is 1. The Balaban J connectivity index is 1.28. The van der Waals surface area contributed by atoms with Crippen molar-refractivity contribution in [3.63, 3.8) is 0 Å². The molecule has 1 fully saturated rings. The van der Waals surface area contributed by atoms with Crippen molar-refractivity contribution < 1.29 is 23.1 Å². The number of ether oxygens (including phenoxy) is 2. The van der Waals surface area contributed by atoms with Crippen molar-refractivity contribution in [3.05, 3.63) is 60.5 Å². The number of aryl methyl sites for hydroxylation is 1. The molecule has 3 aromatic rings. The maximum atomic E-state index is 12.8. The molecule has 1 aliphatic carbocycles. The molecule has 0 atom stereocenters. The molecule has 0 spiro atoms. The maximum Gasteiger partial charge on any atom is 0.399 e. The lowest BCUT2D eigenvalue weighted by molar-refractivity contribution is -0.125. The molecule has 7 nitrogen and oxygen atoms in total. The first-order chi connectivity index (χ1) is 13.6. The molecule has 1 aliphatic rings. The summed E-state index contributed by atoms with van der Waals surface area (Å²) in [5.74, 6) is 0.373. The van der Waals surface area contributed by atoms with Crippen LogP contribution in [0, 0.1) is 18.8 Å². The number of amides is 1. The van der Waals surface area contributed by atoms with Gasteiger partial charge in [-0.25, -0.2) is 4.98 Å². The molecule has 144 valence electrons. The molecule has 8 heteroatoms. The molecular formula is C20H18FN3O4. The standard InChI is InChI=1S/C20H18FN3O4/c1-12-8-14(2-4-17(12)28-20-22-6-7-26-20)24-19(25)13-9-16(10-13)27-15-3-5-18(21)23-11-15/h2-8,11,13,16H,9-10H2,1H3,(H,24,25). The zero-order chi connectivity index (χ0) is 19.5. The Morgan fingerprint density at radius 2 is 2.11 bits per heavy atom. The highest BCUT2D eigenvalue weighted by Crippen LogP contribution is 2.33. The molecule has 1 N–H and O–H groups in total. The van der Waals surface area contributed by atoms with Crippen LogP contribution in [0.3, 0.4) is 0 Å². The lowest BCUT2D eigenvalue weighted by atomic mass is 9.81. The molecule has 0 radical (unpaired) electrons. The SMILES string of the molecule is Cc1cc(NC(=O)C2CC(Oc3ccc(F)nc3)C2)ccc1Oc1ncco1. The summed E-state index contributed by atoms with van der Waals surface area (Å²) in [4.78, 5) is 19.9. The van der Waals surface area contributed by atoms with Gasteiger partial charge in [-0.15, -0.1) is 0 Å². The Hall–Kier alpha value is -3.42. The van der Waals surface area contributed by atoms with Gasteiger partial charge in [-0.2, -0.15) is 9.37 Å². The van der Waals surface area contributed by atoms with Crippen molar-refractivity contribution in [2.75, 3.05) is 5.32 Å². The van der Waals surface area contributed by atoms with Gasteiger partial charge in [0.25, 0.3) is 0 Å². The van der Waals surface area contributed by atoms with Crippen LogP contribution in [-0.2, 0) is 4.79 Å². The van der Waals surface area contributed by atoms with Crippen LogP contribution in [0.4, 0.5) is 10.1 Å². The number of benzene rings is 1. The van der Waals surface area contributed by atoms with E-state index in [4.69, 9.17) is 13.9 Å². The maximum absolute atomic E-state index is 12.8. The fourth-order valence-corrected chi connectivity index (χ4v) is 2.94. The largest absolute Gasteiger partial charge is 0.489 e. The summed E-state index contributed by atoms with van der Waals surface area (Å²) >= 11 is 0. The Morgan fingerprint density at radius 1 is 1.25 bits per heavy atom. The number of carbonyl (C=O) groups is 1. The minimum absolute atomic E-state index is 0.0575. The van der Waals surface area contributed by atoms with Gasteiger partial charge < -0.3 is 19.2 Å². The number of anilines is 1. The van der Waals surface area contributed by atoms with Crippen LogP contribution in [0.5, 0.6) is 17.6 Å². The second-order valence-electron chi connectivity index (χ2n) is 6.59. The second-order valence-corrected chi connectivity index (χ2v) is 6.59. The van der Waals surface area contributed by atoms with Crippen molar-refractivity contribution in [1.82, 2.24) is 9.97 Å². The van der Waals surface area contributed by atoms with E-state index in [1.54, 1.807) is 12.1 Å². The summed E-state index contributed by atoms with van der Waals surface area (Å²) in [6.45, 7) is 1.87. The molecule has 28 heavy (non-hydrogen) atoms. The lowest BCUT2D eigenvalue weighted by Gasteiger charge is -2.34. The predicted molar refractivity (Wildman–Crippen MR) is 97.7 cm³/mol. The summed E-state index contributed by atoms with van der Waals surface area (Å²) in [5.41, 5.74) is 1.53. The van der Waals surface area contributed by atoms with Gasteiger partial charge in [0.15, 0.2) is 0 Å². The zero-order valence-corrected chi connectivity index (χ0v) is 15.1. The molecule has 2 aromatic heterocycles. The molecule has 0 saturated heterocycles. The van der Waals surface area contributed by atoms with Gasteiger partial charge in [0, 0.05) is 11.6 Å². The monoisotopic (exact) mass is 383 g/mol. The van der Waals surface area contributed by atoms with Gasteiger partial charge in [-0.3, -0.25) is 4.79 Å². The number of aromatic nitrogens is 2. The third-order valence-corrected chi connectivity index (χ3v) is 4.52. The van der Waals surface area contributed by atoms with E-state index in [0.717, 1.165) is 5.56 Å². The number of rotatable bonds is 6. The zero-order valence-electron chi connectivity index (χ0n) is 15.1. The van der Waals surface area contributed by atoms with E-state index >= 15 is 0 Å². The van der Waals surface area contributed by atoms with Crippen molar-refractivity contribution in [1.29, 1.82) is 0 Å². The van der Waals surface area contributed by atoms with E-state index in [-0.39, 0.29) is 24.0 Å². The third-order valence-electron chi connectivity index (χ3n) is 4.52. The number of carbonyl (C=O) groups excluding carboxylic acids is 1. The lowest BCUT2D eigenvalue weighted by Crippen LogP contribution is -2.40. The minimum atomic E-state index is -0.551. The molecular weight excluding hydrogens is 365 g/mol. The van der Waals surface area contributed by atoms with Crippen LogP contribution in [0.15, 0.2) is 53.4 Å². The van der Waals surface area contributed by atoms with Crippen LogP contribution in [0.2, 0.25) is 0 Å². The summed E-state index contributed by atoms with van der Waals surface area (Å²) in [5, 5.41) is 2.91.